The van der Waals surface area contributed by atoms with Crippen molar-refractivity contribution in [1.82, 2.24) is 9.38 Å². The van der Waals surface area contributed by atoms with Gasteiger partial charge in [0, 0.05) is 6.20 Å². The summed E-state index contributed by atoms with van der Waals surface area (Å²) in [6.07, 6.45) is 1.60. The number of hydrogen-bond acceptors (Lipinski definition) is 4. The van der Waals surface area contributed by atoms with Crippen LogP contribution < -0.4 is 4.74 Å². The van der Waals surface area contributed by atoms with Crippen LogP contribution in [0.15, 0.2) is 24.4 Å². The topological polar surface area (TPSA) is 52.8 Å². The van der Waals surface area contributed by atoms with Crippen LogP contribution >= 0.6 is 0 Å². The number of imidazole rings is 1. The first-order valence-corrected chi connectivity index (χ1v) is 5.95. The maximum Gasteiger partial charge on any atom is 0.358 e. The molecule has 98 valence electrons. The van der Waals surface area contributed by atoms with Gasteiger partial charge in [-0.1, -0.05) is 19.9 Å². The molecule has 0 saturated carbocycles. The Morgan fingerprint density at radius 2 is 2.11 bits per heavy atom. The van der Waals surface area contributed by atoms with E-state index in [4.69, 9.17) is 9.47 Å². The van der Waals surface area contributed by atoms with Gasteiger partial charge in [0.1, 0.15) is 5.65 Å². The van der Waals surface area contributed by atoms with Gasteiger partial charge in [0.15, 0.2) is 11.6 Å². The van der Waals surface area contributed by atoms with Crippen LogP contribution in [0.1, 0.15) is 31.3 Å². The van der Waals surface area contributed by atoms with Crippen molar-refractivity contribution in [2.24, 2.45) is 0 Å². The highest BCUT2D eigenvalue weighted by atomic mass is 16.5. The zero-order valence-corrected chi connectivity index (χ0v) is 11.1. The van der Waals surface area contributed by atoms with Crippen molar-refractivity contribution in [2.45, 2.75) is 20.8 Å². The van der Waals surface area contributed by atoms with E-state index in [0.29, 0.717) is 18.1 Å². The molecule has 0 saturated heterocycles. The van der Waals surface area contributed by atoms with Gasteiger partial charge >= 0.3 is 5.97 Å². The van der Waals surface area contributed by atoms with Crippen molar-refractivity contribution in [3.8, 4) is 5.88 Å². The minimum Gasteiger partial charge on any atom is -0.482 e. The number of aromatic nitrogens is 2. The summed E-state index contributed by atoms with van der Waals surface area (Å²) in [4.78, 5) is 15.6. The molecule has 0 N–H and O–H groups in total. The monoisotopic (exact) mass is 250 g/mol. The lowest BCUT2D eigenvalue weighted by Gasteiger charge is -2.01. The molecule has 2 heterocycles. The molecule has 0 atom stereocenters. The number of ether oxygens (including phenoxy) is 2. The molecule has 0 aromatic carbocycles. The van der Waals surface area contributed by atoms with E-state index in [1.165, 1.54) is 0 Å². The molecule has 0 fully saturated rings. The van der Waals surface area contributed by atoms with Crippen molar-refractivity contribution >= 4 is 11.6 Å². The number of carbonyl (C=O) groups excluding carboxylic acids is 1. The summed E-state index contributed by atoms with van der Waals surface area (Å²) in [5, 5.41) is 0. The van der Waals surface area contributed by atoms with Gasteiger partial charge in [0.2, 0.25) is 0 Å². The molecule has 0 aliphatic heterocycles. The highest BCUT2D eigenvalue weighted by molar-refractivity contribution is 5.88. The second-order valence-corrected chi connectivity index (χ2v) is 3.14. The van der Waals surface area contributed by atoms with Crippen molar-refractivity contribution in [3.05, 3.63) is 30.1 Å². The number of rotatable bonds is 3. The van der Waals surface area contributed by atoms with E-state index in [9.17, 15) is 4.79 Å². The van der Waals surface area contributed by atoms with Crippen molar-refractivity contribution in [3.63, 3.8) is 0 Å². The molecule has 0 bridgehead atoms. The molecule has 5 heteroatoms. The summed E-state index contributed by atoms with van der Waals surface area (Å²) < 4.78 is 11.7. The van der Waals surface area contributed by atoms with Crippen molar-refractivity contribution < 1.29 is 14.3 Å². The summed E-state index contributed by atoms with van der Waals surface area (Å²) in [5.74, 6) is 0.203. The van der Waals surface area contributed by atoms with Crippen LogP contribution in [0.2, 0.25) is 0 Å². The Morgan fingerprint density at radius 1 is 1.39 bits per heavy atom. The first-order chi connectivity index (χ1) is 8.76. The molecule has 0 unspecified atom stereocenters. The van der Waals surface area contributed by atoms with E-state index < -0.39 is 5.97 Å². The number of fused-ring (bicyclic) bond motifs is 1. The van der Waals surface area contributed by atoms with Crippen LogP contribution in [0.25, 0.3) is 5.65 Å². The number of hydrogen-bond donors (Lipinski definition) is 0. The van der Waals surface area contributed by atoms with E-state index in [0.717, 1.165) is 0 Å². The summed E-state index contributed by atoms with van der Waals surface area (Å²) >= 11 is 0. The molecule has 18 heavy (non-hydrogen) atoms. The first-order valence-electron chi connectivity index (χ1n) is 5.95. The Balaban J connectivity index is 0.000000771. The fourth-order valence-electron chi connectivity index (χ4n) is 1.46. The average Bonchev–Trinajstić information content (AvgIpc) is 2.85. The van der Waals surface area contributed by atoms with Gasteiger partial charge < -0.3 is 9.47 Å². The van der Waals surface area contributed by atoms with Gasteiger partial charge in [0.25, 0.3) is 0 Å². The van der Waals surface area contributed by atoms with Gasteiger partial charge in [-0.25, -0.2) is 9.78 Å². The van der Waals surface area contributed by atoms with E-state index in [-0.39, 0.29) is 5.69 Å². The molecule has 0 aliphatic carbocycles. The molecule has 5 nitrogen and oxygen atoms in total. The SMILES string of the molecule is CC.CCOC(=O)c1cn2c(OC)cccc2n1. The van der Waals surface area contributed by atoms with Gasteiger partial charge in [-0.05, 0) is 19.1 Å². The quantitative estimate of drug-likeness (QED) is 0.785. The first kappa shape index (κ1) is 14.0. The van der Waals surface area contributed by atoms with E-state index >= 15 is 0 Å². The normalized spacial score (nSPS) is 9.56. The second-order valence-electron chi connectivity index (χ2n) is 3.14. The third kappa shape index (κ3) is 2.80. The molecule has 0 aliphatic rings. The molecule has 2 rings (SSSR count). The molecule has 0 radical (unpaired) electrons. The number of carbonyl (C=O) groups is 1. The number of methoxy groups -OCH3 is 1. The van der Waals surface area contributed by atoms with Crippen molar-refractivity contribution in [2.75, 3.05) is 13.7 Å². The fraction of sp³-hybridized carbons (Fsp3) is 0.385. The Kier molecular flexibility index (Phi) is 5.17. The van der Waals surface area contributed by atoms with Crippen LogP contribution in [0.3, 0.4) is 0 Å². The van der Waals surface area contributed by atoms with E-state index in [1.807, 2.05) is 19.9 Å². The third-order valence-corrected chi connectivity index (χ3v) is 2.15. The summed E-state index contributed by atoms with van der Waals surface area (Å²) in [7, 11) is 1.57. The lowest BCUT2D eigenvalue weighted by Crippen LogP contribution is -2.04. The minimum absolute atomic E-state index is 0.284. The maximum absolute atomic E-state index is 11.5. The lowest BCUT2D eigenvalue weighted by molar-refractivity contribution is 0.0520. The molecule has 2 aromatic rings. The smallest absolute Gasteiger partial charge is 0.358 e. The fourth-order valence-corrected chi connectivity index (χ4v) is 1.46. The molecule has 0 amide bonds. The molecule has 0 spiro atoms. The Bertz CT molecular complexity index is 520. The highest BCUT2D eigenvalue weighted by Gasteiger charge is 2.12. The summed E-state index contributed by atoms with van der Waals surface area (Å²) in [6.45, 7) is 6.10. The third-order valence-electron chi connectivity index (χ3n) is 2.15. The zero-order chi connectivity index (χ0) is 13.5. The molecular weight excluding hydrogens is 232 g/mol. The van der Waals surface area contributed by atoms with Gasteiger partial charge in [-0.2, -0.15) is 0 Å². The maximum atomic E-state index is 11.5. The predicted octanol–water partition coefficient (Wildman–Crippen LogP) is 2.55. The predicted molar refractivity (Wildman–Crippen MR) is 69.0 cm³/mol. The van der Waals surface area contributed by atoms with Crippen LogP contribution in [-0.2, 0) is 4.74 Å². The van der Waals surface area contributed by atoms with E-state index in [1.54, 1.807) is 36.8 Å². The van der Waals surface area contributed by atoms with Crippen LogP contribution in [0, 0.1) is 0 Å². The number of pyridine rings is 1. The highest BCUT2D eigenvalue weighted by Crippen LogP contribution is 2.15. The lowest BCUT2D eigenvalue weighted by atomic mass is 10.4. The molecular formula is C13H18N2O3. The largest absolute Gasteiger partial charge is 0.482 e. The Hall–Kier alpha value is -2.04. The van der Waals surface area contributed by atoms with Crippen molar-refractivity contribution in [1.29, 1.82) is 0 Å². The zero-order valence-electron chi connectivity index (χ0n) is 11.1. The van der Waals surface area contributed by atoms with Gasteiger partial charge in [-0.3, -0.25) is 4.40 Å². The second kappa shape index (κ2) is 6.64. The van der Waals surface area contributed by atoms with Crippen LogP contribution in [-0.4, -0.2) is 29.1 Å². The molecule has 2 aromatic heterocycles. The minimum atomic E-state index is -0.423. The Morgan fingerprint density at radius 3 is 2.72 bits per heavy atom. The standard InChI is InChI=1S/C11H12N2O3.C2H6/c1-3-16-11(14)8-7-13-9(12-8)5-4-6-10(13)15-2;1-2/h4-7H,3H2,1-2H3;1-2H3. The van der Waals surface area contributed by atoms with Gasteiger partial charge in [-0.15, -0.1) is 0 Å². The number of nitrogens with zero attached hydrogens (tertiary/aromatic N) is 2. The Labute approximate surface area is 106 Å². The summed E-state index contributed by atoms with van der Waals surface area (Å²) in [5.41, 5.74) is 0.939. The van der Waals surface area contributed by atoms with Gasteiger partial charge in [0.05, 0.1) is 13.7 Å². The summed E-state index contributed by atoms with van der Waals surface area (Å²) in [6, 6.07) is 5.41. The van der Waals surface area contributed by atoms with E-state index in [2.05, 4.69) is 4.98 Å². The average molecular weight is 250 g/mol. The van der Waals surface area contributed by atoms with Crippen LogP contribution in [0.4, 0.5) is 0 Å². The number of esters is 1. The van der Waals surface area contributed by atoms with Crippen LogP contribution in [0.5, 0.6) is 5.88 Å².